The Labute approximate surface area is 151 Å². The number of nitrogens with one attached hydrogen (secondary N) is 1. The van der Waals surface area contributed by atoms with Crippen molar-refractivity contribution in [3.05, 3.63) is 81.5 Å². The van der Waals surface area contributed by atoms with Crippen LogP contribution in [0.4, 0.5) is 14.6 Å². The maximum atomic E-state index is 13.3. The molecule has 0 aliphatic rings. The van der Waals surface area contributed by atoms with Crippen molar-refractivity contribution in [2.75, 3.05) is 5.32 Å². The lowest BCUT2D eigenvalue weighted by Gasteiger charge is -2.04. The zero-order chi connectivity index (χ0) is 18.0. The van der Waals surface area contributed by atoms with Gasteiger partial charge in [0, 0.05) is 11.8 Å². The van der Waals surface area contributed by atoms with Gasteiger partial charge in [0.25, 0.3) is 5.91 Å². The van der Waals surface area contributed by atoms with Crippen LogP contribution in [0.3, 0.4) is 0 Å². The molecule has 0 radical (unpaired) electrons. The Hall–Kier alpha value is -2.54. The summed E-state index contributed by atoms with van der Waals surface area (Å²) in [5.74, 6) is -2.33. The molecular formula is C18H14BrF2N3O. The van der Waals surface area contributed by atoms with E-state index in [2.05, 4.69) is 32.4 Å². The number of carbonyl (C=O) groups is 1. The summed E-state index contributed by atoms with van der Waals surface area (Å²) < 4.78 is 28.5. The average molecular weight is 406 g/mol. The maximum absolute atomic E-state index is 13.3. The number of aryl methyl sites for hydroxylation is 1. The van der Waals surface area contributed by atoms with Gasteiger partial charge >= 0.3 is 0 Å². The molecule has 1 aromatic heterocycles. The Morgan fingerprint density at radius 2 is 2.00 bits per heavy atom. The summed E-state index contributed by atoms with van der Waals surface area (Å²) in [4.78, 5) is 12.2. The molecule has 0 fully saturated rings. The van der Waals surface area contributed by atoms with E-state index in [0.717, 1.165) is 23.3 Å². The van der Waals surface area contributed by atoms with Crippen LogP contribution in [-0.2, 0) is 6.54 Å². The lowest BCUT2D eigenvalue weighted by Crippen LogP contribution is -2.13. The highest BCUT2D eigenvalue weighted by molar-refractivity contribution is 9.10. The van der Waals surface area contributed by atoms with Crippen LogP contribution < -0.4 is 5.32 Å². The second kappa shape index (κ2) is 7.14. The minimum absolute atomic E-state index is 0.0130. The van der Waals surface area contributed by atoms with Crippen molar-refractivity contribution in [1.29, 1.82) is 0 Å². The Morgan fingerprint density at radius 1 is 1.20 bits per heavy atom. The molecule has 3 aromatic rings. The number of amides is 1. The molecular weight excluding hydrogens is 392 g/mol. The van der Waals surface area contributed by atoms with Crippen molar-refractivity contribution in [2.45, 2.75) is 13.5 Å². The fraction of sp³-hybridized carbons (Fsp3) is 0.111. The van der Waals surface area contributed by atoms with Gasteiger partial charge in [-0.1, -0.05) is 29.8 Å². The van der Waals surface area contributed by atoms with Crippen molar-refractivity contribution in [1.82, 2.24) is 9.78 Å². The van der Waals surface area contributed by atoms with E-state index >= 15 is 0 Å². The summed E-state index contributed by atoms with van der Waals surface area (Å²) in [6, 6.07) is 11.0. The maximum Gasteiger partial charge on any atom is 0.257 e. The first kappa shape index (κ1) is 17.3. The molecule has 0 atom stereocenters. The van der Waals surface area contributed by atoms with Gasteiger partial charge in [-0.3, -0.25) is 9.48 Å². The number of anilines is 1. The van der Waals surface area contributed by atoms with Gasteiger partial charge in [0.05, 0.1) is 11.0 Å². The average Bonchev–Trinajstić information content (AvgIpc) is 2.89. The molecule has 7 heteroatoms. The molecule has 1 N–H and O–H groups in total. The highest BCUT2D eigenvalue weighted by atomic mass is 79.9. The van der Waals surface area contributed by atoms with E-state index in [-0.39, 0.29) is 5.56 Å². The lowest BCUT2D eigenvalue weighted by atomic mass is 10.1. The van der Waals surface area contributed by atoms with Crippen molar-refractivity contribution >= 4 is 27.7 Å². The van der Waals surface area contributed by atoms with Gasteiger partial charge in [-0.15, -0.1) is 0 Å². The van der Waals surface area contributed by atoms with Crippen LogP contribution >= 0.6 is 15.9 Å². The van der Waals surface area contributed by atoms with E-state index in [9.17, 15) is 13.6 Å². The molecule has 1 heterocycles. The van der Waals surface area contributed by atoms with Crippen LogP contribution in [0.5, 0.6) is 0 Å². The molecule has 0 aliphatic carbocycles. The molecule has 4 nitrogen and oxygen atoms in total. The third kappa shape index (κ3) is 4.11. The third-order valence-corrected chi connectivity index (χ3v) is 4.14. The smallest absolute Gasteiger partial charge is 0.257 e. The number of hydrogen-bond donors (Lipinski definition) is 1. The number of nitrogens with zero attached hydrogens (tertiary/aromatic N) is 2. The van der Waals surface area contributed by atoms with E-state index < -0.39 is 17.5 Å². The van der Waals surface area contributed by atoms with E-state index in [1.54, 1.807) is 10.9 Å². The van der Waals surface area contributed by atoms with Crippen molar-refractivity contribution in [2.24, 2.45) is 0 Å². The molecule has 0 aliphatic heterocycles. The molecule has 0 spiro atoms. The fourth-order valence-corrected chi connectivity index (χ4v) is 2.79. The zero-order valence-electron chi connectivity index (χ0n) is 13.3. The Bertz CT molecular complexity index is 940. The Morgan fingerprint density at radius 3 is 2.72 bits per heavy atom. The van der Waals surface area contributed by atoms with Crippen molar-refractivity contribution < 1.29 is 13.6 Å². The van der Waals surface area contributed by atoms with Crippen molar-refractivity contribution in [3.8, 4) is 0 Å². The number of carbonyl (C=O) groups excluding carboxylic acids is 1. The zero-order valence-corrected chi connectivity index (χ0v) is 14.8. The van der Waals surface area contributed by atoms with Gasteiger partial charge in [0.1, 0.15) is 0 Å². The molecule has 0 saturated carbocycles. The van der Waals surface area contributed by atoms with Gasteiger partial charge in [0.15, 0.2) is 17.5 Å². The Kier molecular flexibility index (Phi) is 4.94. The molecule has 25 heavy (non-hydrogen) atoms. The minimum atomic E-state index is -1.07. The molecule has 0 saturated heterocycles. The second-order valence-electron chi connectivity index (χ2n) is 5.60. The van der Waals surface area contributed by atoms with Crippen LogP contribution in [0.2, 0.25) is 0 Å². The van der Waals surface area contributed by atoms with E-state index in [1.807, 2.05) is 25.1 Å². The van der Waals surface area contributed by atoms with Gasteiger partial charge < -0.3 is 5.32 Å². The predicted molar refractivity (Wildman–Crippen MR) is 94.5 cm³/mol. The lowest BCUT2D eigenvalue weighted by molar-refractivity contribution is 0.102. The normalized spacial score (nSPS) is 10.7. The number of aromatic nitrogens is 2. The Balaban J connectivity index is 1.76. The van der Waals surface area contributed by atoms with Crippen LogP contribution in [0.15, 0.2) is 53.1 Å². The standard InChI is InChI=1S/C18H14BrF2N3O/c1-11-3-2-4-12(7-11)9-24-10-14(19)17(23-24)22-18(25)13-5-6-15(20)16(21)8-13/h2-8,10H,9H2,1H3,(H,22,23,25). The van der Waals surface area contributed by atoms with Gasteiger partial charge in [-0.2, -0.15) is 5.10 Å². The monoisotopic (exact) mass is 405 g/mol. The van der Waals surface area contributed by atoms with Gasteiger partial charge in [-0.05, 0) is 46.6 Å². The largest absolute Gasteiger partial charge is 0.304 e. The summed E-state index contributed by atoms with van der Waals surface area (Å²) in [6.07, 6.45) is 1.74. The first-order valence-electron chi connectivity index (χ1n) is 7.47. The molecule has 0 unspecified atom stereocenters. The molecule has 2 aromatic carbocycles. The molecule has 1 amide bonds. The molecule has 0 bridgehead atoms. The number of rotatable bonds is 4. The van der Waals surface area contributed by atoms with Crippen molar-refractivity contribution in [3.63, 3.8) is 0 Å². The van der Waals surface area contributed by atoms with Crippen LogP contribution in [0, 0.1) is 18.6 Å². The summed E-state index contributed by atoms with van der Waals surface area (Å²) in [5, 5.41) is 6.89. The summed E-state index contributed by atoms with van der Waals surface area (Å²) in [6.45, 7) is 2.55. The quantitative estimate of drug-likeness (QED) is 0.692. The first-order chi connectivity index (χ1) is 11.9. The van der Waals surface area contributed by atoms with Gasteiger partial charge in [0.2, 0.25) is 0 Å². The highest BCUT2D eigenvalue weighted by Gasteiger charge is 2.14. The summed E-state index contributed by atoms with van der Waals surface area (Å²) in [7, 11) is 0. The van der Waals surface area contributed by atoms with E-state index in [1.165, 1.54) is 6.07 Å². The predicted octanol–water partition coefficient (Wildman–Crippen LogP) is 4.53. The van der Waals surface area contributed by atoms with Crippen LogP contribution in [0.25, 0.3) is 0 Å². The topological polar surface area (TPSA) is 46.9 Å². The number of halogens is 3. The number of benzene rings is 2. The first-order valence-corrected chi connectivity index (χ1v) is 8.26. The fourth-order valence-electron chi connectivity index (χ4n) is 2.38. The third-order valence-electron chi connectivity index (χ3n) is 3.56. The van der Waals surface area contributed by atoms with Gasteiger partial charge in [-0.25, -0.2) is 8.78 Å². The second-order valence-corrected chi connectivity index (χ2v) is 6.45. The molecule has 3 rings (SSSR count). The SMILES string of the molecule is Cc1cccc(Cn2cc(Br)c(NC(=O)c3ccc(F)c(F)c3)n2)c1. The molecule has 128 valence electrons. The van der Waals surface area contributed by atoms with E-state index in [0.29, 0.717) is 16.8 Å². The van der Waals surface area contributed by atoms with Crippen LogP contribution in [0.1, 0.15) is 21.5 Å². The van der Waals surface area contributed by atoms with Crippen LogP contribution in [-0.4, -0.2) is 15.7 Å². The number of hydrogen-bond acceptors (Lipinski definition) is 2. The van der Waals surface area contributed by atoms with E-state index in [4.69, 9.17) is 0 Å². The minimum Gasteiger partial charge on any atom is -0.304 e. The summed E-state index contributed by atoms with van der Waals surface area (Å²) in [5.41, 5.74) is 2.24. The summed E-state index contributed by atoms with van der Waals surface area (Å²) >= 11 is 3.34. The highest BCUT2D eigenvalue weighted by Crippen LogP contribution is 2.22.